The molecule has 1 atom stereocenters. The fraction of sp³-hybridized carbons (Fsp3) is 0.250. The van der Waals surface area contributed by atoms with Crippen LogP contribution in [0.5, 0.6) is 11.5 Å². The monoisotopic (exact) mass is 293 g/mol. The van der Waals surface area contributed by atoms with Crippen LogP contribution in [-0.4, -0.2) is 21.3 Å². The molecule has 3 nitrogen and oxygen atoms in total. The Hall–Kier alpha value is -2.14. The highest BCUT2D eigenvalue weighted by atomic mass is 19.2. The van der Waals surface area contributed by atoms with Gasteiger partial charge in [0.25, 0.3) is 0 Å². The maximum absolute atomic E-state index is 14.1. The van der Waals surface area contributed by atoms with Gasteiger partial charge in [-0.15, -0.1) is 0 Å². The van der Waals surface area contributed by atoms with Crippen molar-refractivity contribution in [2.45, 2.75) is 6.04 Å². The van der Waals surface area contributed by atoms with Gasteiger partial charge in [-0.1, -0.05) is 18.2 Å². The van der Waals surface area contributed by atoms with Gasteiger partial charge in [0, 0.05) is 5.56 Å². The van der Waals surface area contributed by atoms with E-state index in [1.54, 1.807) is 25.2 Å². The minimum absolute atomic E-state index is 0.195. The van der Waals surface area contributed by atoms with E-state index in [-0.39, 0.29) is 5.56 Å². The van der Waals surface area contributed by atoms with Crippen LogP contribution < -0.4 is 14.8 Å². The average molecular weight is 293 g/mol. The molecule has 1 N–H and O–H groups in total. The molecule has 2 rings (SSSR count). The summed E-state index contributed by atoms with van der Waals surface area (Å²) in [6, 6.07) is 8.78. The lowest BCUT2D eigenvalue weighted by atomic mass is 9.96. The zero-order valence-corrected chi connectivity index (χ0v) is 12.1. The first-order chi connectivity index (χ1) is 10.1. The van der Waals surface area contributed by atoms with Crippen molar-refractivity contribution in [1.29, 1.82) is 0 Å². The van der Waals surface area contributed by atoms with E-state index in [0.717, 1.165) is 6.07 Å². The Morgan fingerprint density at radius 1 is 0.952 bits per heavy atom. The van der Waals surface area contributed by atoms with Crippen LogP contribution in [0.3, 0.4) is 0 Å². The summed E-state index contributed by atoms with van der Waals surface area (Å²) in [6.45, 7) is 0. The summed E-state index contributed by atoms with van der Waals surface area (Å²) in [7, 11) is 4.71. The molecule has 0 amide bonds. The molecule has 0 aromatic heterocycles. The Morgan fingerprint density at radius 2 is 1.52 bits per heavy atom. The van der Waals surface area contributed by atoms with E-state index < -0.39 is 17.7 Å². The van der Waals surface area contributed by atoms with Crippen LogP contribution >= 0.6 is 0 Å². The molecule has 0 aliphatic rings. The third-order valence-corrected chi connectivity index (χ3v) is 3.34. The van der Waals surface area contributed by atoms with Crippen LogP contribution in [0.15, 0.2) is 36.4 Å². The molecule has 0 bridgehead atoms. The summed E-state index contributed by atoms with van der Waals surface area (Å²) in [6.07, 6.45) is 0. The fourth-order valence-electron chi connectivity index (χ4n) is 2.36. The van der Waals surface area contributed by atoms with E-state index in [1.165, 1.54) is 26.4 Å². The highest BCUT2D eigenvalue weighted by Crippen LogP contribution is 2.38. The molecule has 21 heavy (non-hydrogen) atoms. The minimum Gasteiger partial charge on any atom is -0.496 e. The zero-order chi connectivity index (χ0) is 15.4. The molecule has 0 spiro atoms. The molecule has 0 fully saturated rings. The number of nitrogens with one attached hydrogen (secondary N) is 1. The number of halogens is 2. The van der Waals surface area contributed by atoms with Gasteiger partial charge in [-0.25, -0.2) is 8.78 Å². The summed E-state index contributed by atoms with van der Waals surface area (Å²) in [4.78, 5) is 0. The Bertz CT molecular complexity index is 609. The van der Waals surface area contributed by atoms with E-state index in [9.17, 15) is 8.78 Å². The fourth-order valence-corrected chi connectivity index (χ4v) is 2.36. The quantitative estimate of drug-likeness (QED) is 0.917. The van der Waals surface area contributed by atoms with E-state index >= 15 is 0 Å². The third kappa shape index (κ3) is 2.83. The lowest BCUT2D eigenvalue weighted by molar-refractivity contribution is 0.377. The molecule has 112 valence electrons. The Balaban J connectivity index is 2.64. The summed E-state index contributed by atoms with van der Waals surface area (Å²) in [5.41, 5.74) is 0.815. The lowest BCUT2D eigenvalue weighted by Gasteiger charge is -2.22. The van der Waals surface area contributed by atoms with Gasteiger partial charge in [-0.2, -0.15) is 0 Å². The molecule has 0 saturated carbocycles. The van der Waals surface area contributed by atoms with E-state index in [0.29, 0.717) is 17.1 Å². The van der Waals surface area contributed by atoms with Crippen molar-refractivity contribution in [2.24, 2.45) is 0 Å². The van der Waals surface area contributed by atoms with E-state index in [1.807, 2.05) is 0 Å². The number of methoxy groups -OCH3 is 2. The van der Waals surface area contributed by atoms with Crippen LogP contribution in [0, 0.1) is 11.6 Å². The number of ether oxygens (including phenoxy) is 2. The van der Waals surface area contributed by atoms with Gasteiger partial charge < -0.3 is 14.8 Å². The van der Waals surface area contributed by atoms with Crippen molar-refractivity contribution < 1.29 is 18.3 Å². The predicted octanol–water partition coefficient (Wildman–Crippen LogP) is 3.29. The first-order valence-electron chi connectivity index (χ1n) is 6.46. The molecular weight excluding hydrogens is 276 g/mol. The second kappa shape index (κ2) is 6.54. The molecule has 2 aromatic rings. The maximum Gasteiger partial charge on any atom is 0.163 e. The molecule has 0 radical (unpaired) electrons. The lowest BCUT2D eigenvalue weighted by Crippen LogP contribution is -2.21. The van der Waals surface area contributed by atoms with Crippen LogP contribution in [0.25, 0.3) is 0 Å². The van der Waals surface area contributed by atoms with Crippen LogP contribution in [0.1, 0.15) is 17.2 Å². The summed E-state index contributed by atoms with van der Waals surface area (Å²) in [5, 5.41) is 2.99. The number of benzene rings is 2. The van der Waals surface area contributed by atoms with Crippen molar-refractivity contribution in [3.8, 4) is 11.5 Å². The Labute approximate surface area is 122 Å². The number of hydrogen-bond donors (Lipinski definition) is 1. The first kappa shape index (κ1) is 15.3. The molecule has 2 aromatic carbocycles. The first-order valence-corrected chi connectivity index (χ1v) is 6.46. The largest absolute Gasteiger partial charge is 0.496 e. The number of rotatable bonds is 5. The molecule has 0 aliphatic carbocycles. The third-order valence-electron chi connectivity index (χ3n) is 3.34. The average Bonchev–Trinajstić information content (AvgIpc) is 2.52. The standard InChI is InChI=1S/C16H17F2NO2/c1-19-16(10-6-4-7-11(17)15(10)18)14-12(20-2)8-5-9-13(14)21-3/h4-9,16,19H,1-3H3. The summed E-state index contributed by atoms with van der Waals surface area (Å²) < 4.78 is 38.2. The van der Waals surface area contributed by atoms with Gasteiger partial charge in [0.2, 0.25) is 0 Å². The van der Waals surface area contributed by atoms with Gasteiger partial charge >= 0.3 is 0 Å². The second-order valence-electron chi connectivity index (χ2n) is 4.44. The Morgan fingerprint density at radius 3 is 2.05 bits per heavy atom. The van der Waals surface area contributed by atoms with E-state index in [4.69, 9.17) is 9.47 Å². The van der Waals surface area contributed by atoms with E-state index in [2.05, 4.69) is 5.32 Å². The molecule has 0 saturated heterocycles. The highest BCUT2D eigenvalue weighted by Gasteiger charge is 2.24. The molecular formula is C16H17F2NO2. The van der Waals surface area contributed by atoms with Crippen molar-refractivity contribution in [3.63, 3.8) is 0 Å². The van der Waals surface area contributed by atoms with Gasteiger partial charge in [-0.3, -0.25) is 0 Å². The van der Waals surface area contributed by atoms with Gasteiger partial charge in [-0.05, 0) is 25.2 Å². The number of hydrogen-bond acceptors (Lipinski definition) is 3. The van der Waals surface area contributed by atoms with Crippen molar-refractivity contribution in [1.82, 2.24) is 5.32 Å². The minimum atomic E-state index is -0.887. The van der Waals surface area contributed by atoms with Crippen LogP contribution in [-0.2, 0) is 0 Å². The van der Waals surface area contributed by atoms with Crippen molar-refractivity contribution in [2.75, 3.05) is 21.3 Å². The summed E-state index contributed by atoms with van der Waals surface area (Å²) >= 11 is 0. The SMILES string of the molecule is CNC(c1cccc(F)c1F)c1c(OC)cccc1OC. The topological polar surface area (TPSA) is 30.5 Å². The highest BCUT2D eigenvalue weighted by molar-refractivity contribution is 5.50. The van der Waals surface area contributed by atoms with Gasteiger partial charge in [0.05, 0.1) is 25.8 Å². The molecule has 0 aliphatic heterocycles. The second-order valence-corrected chi connectivity index (χ2v) is 4.44. The summed E-state index contributed by atoms with van der Waals surface area (Å²) in [5.74, 6) is -0.693. The van der Waals surface area contributed by atoms with Crippen molar-refractivity contribution in [3.05, 3.63) is 59.2 Å². The van der Waals surface area contributed by atoms with Gasteiger partial charge in [0.15, 0.2) is 11.6 Å². The molecule has 1 unspecified atom stereocenters. The van der Waals surface area contributed by atoms with Crippen LogP contribution in [0.2, 0.25) is 0 Å². The smallest absolute Gasteiger partial charge is 0.163 e. The van der Waals surface area contributed by atoms with Crippen molar-refractivity contribution >= 4 is 0 Å². The predicted molar refractivity (Wildman–Crippen MR) is 76.8 cm³/mol. The maximum atomic E-state index is 14.1. The molecule has 0 heterocycles. The zero-order valence-electron chi connectivity index (χ0n) is 12.1. The van der Waals surface area contributed by atoms with Crippen LogP contribution in [0.4, 0.5) is 8.78 Å². The normalized spacial score (nSPS) is 12.0. The van der Waals surface area contributed by atoms with Gasteiger partial charge in [0.1, 0.15) is 11.5 Å². The Kier molecular flexibility index (Phi) is 4.75. The molecule has 5 heteroatoms.